The van der Waals surface area contributed by atoms with Gasteiger partial charge in [0.15, 0.2) is 0 Å². The molecule has 0 amide bonds. The summed E-state index contributed by atoms with van der Waals surface area (Å²) < 4.78 is 0. The molecule has 0 radical (unpaired) electrons. The van der Waals surface area contributed by atoms with E-state index in [1.165, 1.54) is 66.8 Å². The van der Waals surface area contributed by atoms with Gasteiger partial charge >= 0.3 is 17.8 Å². The Kier molecular flexibility index (Phi) is 9.95. The molecule has 0 heterocycles. The molecule has 0 aromatic heterocycles. The second kappa shape index (κ2) is 13.5. The van der Waals surface area contributed by atoms with E-state index in [-0.39, 0.29) is 39.0 Å². The number of nitriles is 3. The molecule has 0 aliphatic carbocycles. The van der Waals surface area contributed by atoms with Crippen LogP contribution in [-0.2, 0) is 0 Å². The summed E-state index contributed by atoms with van der Waals surface area (Å²) >= 11 is 0. The lowest BCUT2D eigenvalue weighted by molar-refractivity contribution is 0.0686. The molecule has 10 nitrogen and oxygen atoms in total. The number of hydrogen-bond donors (Lipinski definition) is 3. The lowest BCUT2D eigenvalue weighted by atomic mass is 9.89. The Hall–Kier alpha value is -6.54. The second-order valence-electron chi connectivity index (χ2n) is 7.45. The topological polar surface area (TPSA) is 179 Å². The predicted molar refractivity (Wildman–Crippen MR) is 140 cm³/mol. The quantitative estimate of drug-likeness (QED) is 0.175. The first-order valence-corrected chi connectivity index (χ1v) is 10.8. The minimum atomic E-state index is -1.17. The minimum Gasteiger partial charge on any atom is -0.478 e. The van der Waals surface area contributed by atoms with Gasteiger partial charge in [-0.15, -0.1) is 0 Å². The molecule has 2 aromatic rings. The van der Waals surface area contributed by atoms with Crippen molar-refractivity contribution in [1.82, 2.24) is 0 Å². The van der Waals surface area contributed by atoms with Crippen molar-refractivity contribution in [2.75, 3.05) is 0 Å². The van der Waals surface area contributed by atoms with E-state index in [0.717, 1.165) is 6.21 Å². The van der Waals surface area contributed by atoms with E-state index >= 15 is 0 Å². The maximum absolute atomic E-state index is 11.2. The highest BCUT2D eigenvalue weighted by atomic mass is 16.4. The standard InChI is InChI=1S/C29H16N6O4/c1-34-27(35-2)26(19-8-12-21(13-9-19)29(38)39)23(15-31)5-3-4-22(14-30)25(24(16-32)17-33)18-6-10-20(11-7-18)28(36)37/h3-13,16,24,32H,(H,36,37)(H,38,39)/b4-3+,23-5+,25-22-,32-16?. The van der Waals surface area contributed by atoms with Crippen LogP contribution >= 0.6 is 0 Å². The van der Waals surface area contributed by atoms with Crippen molar-refractivity contribution in [3.63, 3.8) is 0 Å². The molecule has 0 aliphatic rings. The Balaban J connectivity index is 2.70. The molecule has 10 heteroatoms. The maximum atomic E-state index is 11.2. The highest BCUT2D eigenvalue weighted by Crippen LogP contribution is 2.30. The fourth-order valence-electron chi connectivity index (χ4n) is 3.41. The summed E-state index contributed by atoms with van der Waals surface area (Å²) in [6.45, 7) is 14.7. The van der Waals surface area contributed by atoms with E-state index < -0.39 is 23.7 Å². The van der Waals surface area contributed by atoms with Crippen molar-refractivity contribution in [3.05, 3.63) is 129 Å². The number of hydrogen-bond acceptors (Lipinski definition) is 6. The third kappa shape index (κ3) is 6.78. The van der Waals surface area contributed by atoms with Crippen LogP contribution in [-0.4, -0.2) is 28.4 Å². The largest absolute Gasteiger partial charge is 0.528 e. The lowest BCUT2D eigenvalue weighted by Crippen LogP contribution is -2.05. The fraction of sp³-hybridized carbons (Fsp3) is 0.0345. The normalized spacial score (nSPS) is 11.8. The van der Waals surface area contributed by atoms with Crippen LogP contribution in [0.5, 0.6) is 0 Å². The highest BCUT2D eigenvalue weighted by Gasteiger charge is 2.22. The van der Waals surface area contributed by atoms with Gasteiger partial charge in [0, 0.05) is 6.21 Å². The molecular formula is C29H16N6O4. The Morgan fingerprint density at radius 2 is 1.33 bits per heavy atom. The molecule has 0 fully saturated rings. The van der Waals surface area contributed by atoms with Crippen LogP contribution in [0.1, 0.15) is 31.8 Å². The number of carbonyl (C=O) groups is 2. The van der Waals surface area contributed by atoms with Crippen LogP contribution in [0.4, 0.5) is 0 Å². The second-order valence-corrected chi connectivity index (χ2v) is 7.45. The Morgan fingerprint density at radius 3 is 1.72 bits per heavy atom. The average Bonchev–Trinajstić information content (AvgIpc) is 2.95. The van der Waals surface area contributed by atoms with Gasteiger partial charge in [-0.25, -0.2) is 9.59 Å². The van der Waals surface area contributed by atoms with E-state index in [4.69, 9.17) is 28.8 Å². The molecule has 2 aromatic carbocycles. The number of aromatic carboxylic acids is 2. The van der Waals surface area contributed by atoms with Crippen molar-refractivity contribution in [2.24, 2.45) is 5.92 Å². The zero-order valence-corrected chi connectivity index (χ0v) is 20.0. The summed E-state index contributed by atoms with van der Waals surface area (Å²) in [4.78, 5) is 28.7. The van der Waals surface area contributed by atoms with Gasteiger partial charge in [0.25, 0.3) is 0 Å². The van der Waals surface area contributed by atoms with Gasteiger partial charge in [-0.3, -0.25) is 0 Å². The van der Waals surface area contributed by atoms with E-state index in [1.807, 2.05) is 18.2 Å². The van der Waals surface area contributed by atoms with Crippen molar-refractivity contribution < 1.29 is 19.8 Å². The molecule has 39 heavy (non-hydrogen) atoms. The zero-order chi connectivity index (χ0) is 28.9. The molecule has 0 saturated carbocycles. The summed E-state index contributed by atoms with van der Waals surface area (Å²) in [6, 6.07) is 16.5. The number of rotatable bonds is 9. The van der Waals surface area contributed by atoms with Crippen LogP contribution in [0.2, 0.25) is 0 Å². The summed E-state index contributed by atoms with van der Waals surface area (Å²) in [5.41, 5.74) is 0.485. The fourth-order valence-corrected chi connectivity index (χ4v) is 3.41. The first kappa shape index (κ1) is 28.7. The molecule has 0 bridgehead atoms. The van der Waals surface area contributed by atoms with Gasteiger partial charge in [-0.05, 0) is 53.1 Å². The molecule has 186 valence electrons. The Morgan fingerprint density at radius 1 is 0.846 bits per heavy atom. The van der Waals surface area contributed by atoms with Gasteiger partial charge in [0.1, 0.15) is 19.1 Å². The highest BCUT2D eigenvalue weighted by molar-refractivity contribution is 5.92. The van der Waals surface area contributed by atoms with Crippen LogP contribution in [0.3, 0.4) is 0 Å². The Bertz CT molecular complexity index is 1640. The van der Waals surface area contributed by atoms with Gasteiger partial charge < -0.3 is 15.6 Å². The number of carboxylic acid groups (broad SMARTS) is 2. The molecule has 2 rings (SSSR count). The molecule has 0 aliphatic heterocycles. The molecule has 1 atom stereocenters. The number of nitrogens with zero attached hydrogens (tertiary/aromatic N) is 5. The molecule has 1 unspecified atom stereocenters. The SMILES string of the molecule is [C-]#[N+]C([N+]#[C-])=C(/C(C#N)=C/C=C/C(C#N)=C(\c1ccc(C(=O)O)cc1)C(C#N)C=N)c1ccc(C(=O)O)cc1. The zero-order valence-electron chi connectivity index (χ0n) is 20.0. The average molecular weight is 512 g/mol. The third-order valence-corrected chi connectivity index (χ3v) is 5.24. The molecule has 3 N–H and O–H groups in total. The Labute approximate surface area is 223 Å². The number of benzene rings is 2. The predicted octanol–water partition coefficient (Wildman–Crippen LogP) is 5.36. The van der Waals surface area contributed by atoms with Crippen molar-refractivity contribution in [1.29, 1.82) is 21.2 Å². The van der Waals surface area contributed by atoms with Crippen molar-refractivity contribution in [2.45, 2.75) is 0 Å². The maximum Gasteiger partial charge on any atom is 0.528 e. The summed E-state index contributed by atoms with van der Waals surface area (Å²) in [5, 5.41) is 55.1. The van der Waals surface area contributed by atoms with Crippen LogP contribution in [0.15, 0.2) is 83.7 Å². The molecule has 0 spiro atoms. The van der Waals surface area contributed by atoms with Gasteiger partial charge in [-0.1, -0.05) is 30.3 Å². The first-order chi connectivity index (χ1) is 18.8. The smallest absolute Gasteiger partial charge is 0.478 e. The first-order valence-electron chi connectivity index (χ1n) is 10.8. The van der Waals surface area contributed by atoms with Gasteiger partial charge in [0.2, 0.25) is 0 Å². The van der Waals surface area contributed by atoms with Crippen LogP contribution in [0.25, 0.3) is 20.8 Å². The molecule has 0 saturated heterocycles. The monoisotopic (exact) mass is 512 g/mol. The summed E-state index contributed by atoms with van der Waals surface area (Å²) in [5.74, 6) is -3.90. The van der Waals surface area contributed by atoms with Crippen molar-refractivity contribution in [3.8, 4) is 18.2 Å². The van der Waals surface area contributed by atoms with Gasteiger partial charge in [0.05, 0.1) is 46.1 Å². The third-order valence-electron chi connectivity index (χ3n) is 5.24. The lowest BCUT2D eigenvalue weighted by Gasteiger charge is -2.12. The van der Waals surface area contributed by atoms with Crippen molar-refractivity contribution >= 4 is 29.3 Å². The van der Waals surface area contributed by atoms with E-state index in [2.05, 4.69) is 9.69 Å². The van der Waals surface area contributed by atoms with E-state index in [0.29, 0.717) is 5.56 Å². The minimum absolute atomic E-state index is 0.0109. The van der Waals surface area contributed by atoms with E-state index in [9.17, 15) is 25.4 Å². The summed E-state index contributed by atoms with van der Waals surface area (Å²) in [7, 11) is 0. The number of nitrogens with one attached hydrogen (secondary N) is 1. The van der Waals surface area contributed by atoms with Crippen LogP contribution < -0.4 is 0 Å². The molecular weight excluding hydrogens is 496 g/mol. The number of allylic oxidation sites excluding steroid dienone is 7. The van der Waals surface area contributed by atoms with E-state index in [1.54, 1.807) is 0 Å². The van der Waals surface area contributed by atoms with Gasteiger partial charge in [-0.2, -0.15) is 25.5 Å². The summed E-state index contributed by atoms with van der Waals surface area (Å²) in [6.07, 6.45) is 4.68. The number of carboxylic acids is 2. The van der Waals surface area contributed by atoms with Crippen LogP contribution in [0, 0.1) is 58.5 Å².